The number of amides is 3. The lowest BCUT2D eigenvalue weighted by atomic mass is 10.2. The van der Waals surface area contributed by atoms with Gasteiger partial charge >= 0.3 is 6.03 Å². The third-order valence-corrected chi connectivity index (χ3v) is 4.07. The zero-order chi connectivity index (χ0) is 17.6. The van der Waals surface area contributed by atoms with Crippen LogP contribution in [0.1, 0.15) is 32.6 Å². The molecular formula is C17H20N4O4. The van der Waals surface area contributed by atoms with E-state index in [9.17, 15) is 9.59 Å². The number of rotatable bonds is 5. The predicted octanol–water partition coefficient (Wildman–Crippen LogP) is 2.27. The van der Waals surface area contributed by atoms with Crippen molar-refractivity contribution in [1.29, 1.82) is 0 Å². The van der Waals surface area contributed by atoms with E-state index in [1.165, 1.54) is 6.39 Å². The van der Waals surface area contributed by atoms with Gasteiger partial charge < -0.3 is 14.5 Å². The third-order valence-electron chi connectivity index (χ3n) is 4.07. The molecule has 1 aliphatic carbocycles. The second-order valence-electron chi connectivity index (χ2n) is 5.97. The van der Waals surface area contributed by atoms with Gasteiger partial charge in [0.15, 0.2) is 6.10 Å². The van der Waals surface area contributed by atoms with Crippen LogP contribution < -0.4 is 15.4 Å². The quantitative estimate of drug-likeness (QED) is 0.862. The molecule has 25 heavy (non-hydrogen) atoms. The fourth-order valence-corrected chi connectivity index (χ4v) is 2.74. The Labute approximate surface area is 145 Å². The zero-order valence-corrected chi connectivity index (χ0v) is 13.9. The van der Waals surface area contributed by atoms with E-state index in [0.29, 0.717) is 11.6 Å². The molecule has 0 radical (unpaired) electrons. The molecule has 2 N–H and O–H groups in total. The molecule has 2 aromatic rings. The number of hydrogen-bond acceptors (Lipinski definition) is 6. The van der Waals surface area contributed by atoms with Crippen molar-refractivity contribution in [2.24, 2.45) is 0 Å². The highest BCUT2D eigenvalue weighted by Crippen LogP contribution is 2.21. The molecule has 0 aliphatic heterocycles. The monoisotopic (exact) mass is 344 g/mol. The van der Waals surface area contributed by atoms with Crippen molar-refractivity contribution in [3.63, 3.8) is 0 Å². The van der Waals surface area contributed by atoms with Crippen LogP contribution in [0.2, 0.25) is 0 Å². The van der Waals surface area contributed by atoms with E-state index in [1.807, 2.05) is 0 Å². The van der Waals surface area contributed by atoms with Crippen LogP contribution in [0.25, 0.3) is 11.5 Å². The van der Waals surface area contributed by atoms with E-state index in [2.05, 4.69) is 20.8 Å². The minimum atomic E-state index is -0.802. The molecule has 3 amide bonds. The molecule has 1 fully saturated rings. The fraction of sp³-hybridized carbons (Fsp3) is 0.412. The summed E-state index contributed by atoms with van der Waals surface area (Å²) in [4.78, 5) is 23.9. The molecule has 8 nitrogen and oxygen atoms in total. The topological polar surface area (TPSA) is 106 Å². The standard InChI is InChI=1S/C17H20N4O4/c1-11(15(22)20-17(23)19-13-4-2-3-5-13)25-14-8-6-12(7-9-14)16-21-18-10-24-16/h6-11,13H,2-5H2,1H3,(H2,19,20,22,23)/t11-/m1/s1. The lowest BCUT2D eigenvalue weighted by Gasteiger charge is -2.16. The number of ether oxygens (including phenoxy) is 1. The summed E-state index contributed by atoms with van der Waals surface area (Å²) in [7, 11) is 0. The summed E-state index contributed by atoms with van der Waals surface area (Å²) in [5.41, 5.74) is 0.748. The van der Waals surface area contributed by atoms with Gasteiger partial charge in [-0.2, -0.15) is 0 Å². The highest BCUT2D eigenvalue weighted by molar-refractivity contribution is 5.96. The maximum Gasteiger partial charge on any atom is 0.321 e. The second kappa shape index (κ2) is 7.78. The van der Waals surface area contributed by atoms with E-state index in [1.54, 1.807) is 31.2 Å². The molecule has 132 valence electrons. The first-order valence-corrected chi connectivity index (χ1v) is 8.26. The van der Waals surface area contributed by atoms with E-state index < -0.39 is 18.0 Å². The molecular weight excluding hydrogens is 324 g/mol. The predicted molar refractivity (Wildman–Crippen MR) is 88.8 cm³/mol. The number of carbonyl (C=O) groups is 2. The lowest BCUT2D eigenvalue weighted by Crippen LogP contribution is -2.47. The van der Waals surface area contributed by atoms with Gasteiger partial charge in [0.1, 0.15) is 5.75 Å². The number of imide groups is 1. The van der Waals surface area contributed by atoms with Crippen LogP contribution in [0.3, 0.4) is 0 Å². The van der Waals surface area contributed by atoms with Gasteiger partial charge in [0, 0.05) is 11.6 Å². The minimum Gasteiger partial charge on any atom is -0.481 e. The van der Waals surface area contributed by atoms with Crippen molar-refractivity contribution in [3.8, 4) is 17.2 Å². The van der Waals surface area contributed by atoms with Crippen molar-refractivity contribution < 1.29 is 18.7 Å². The first-order chi connectivity index (χ1) is 12.1. The summed E-state index contributed by atoms with van der Waals surface area (Å²) in [5, 5.41) is 12.5. The first kappa shape index (κ1) is 16.9. The van der Waals surface area contributed by atoms with Gasteiger partial charge in [-0.15, -0.1) is 10.2 Å². The summed E-state index contributed by atoms with van der Waals surface area (Å²) in [6.45, 7) is 1.59. The number of nitrogens with zero attached hydrogens (tertiary/aromatic N) is 2. The molecule has 1 heterocycles. The van der Waals surface area contributed by atoms with Crippen LogP contribution in [-0.2, 0) is 4.79 Å². The molecule has 8 heteroatoms. The summed E-state index contributed by atoms with van der Waals surface area (Å²) in [5.74, 6) is 0.416. The summed E-state index contributed by atoms with van der Waals surface area (Å²) >= 11 is 0. The van der Waals surface area contributed by atoms with Gasteiger partial charge in [-0.3, -0.25) is 10.1 Å². The average molecular weight is 344 g/mol. The molecule has 3 rings (SSSR count). The summed E-state index contributed by atoms with van der Waals surface area (Å²) in [6.07, 6.45) is 4.59. The van der Waals surface area contributed by atoms with Crippen LogP contribution in [0, 0.1) is 0 Å². The smallest absolute Gasteiger partial charge is 0.321 e. The second-order valence-corrected chi connectivity index (χ2v) is 5.97. The van der Waals surface area contributed by atoms with Crippen LogP contribution in [0.5, 0.6) is 5.75 Å². The summed E-state index contributed by atoms with van der Waals surface area (Å²) in [6, 6.07) is 6.57. The Morgan fingerprint density at radius 1 is 1.24 bits per heavy atom. The van der Waals surface area contributed by atoms with Crippen molar-refractivity contribution >= 4 is 11.9 Å². The van der Waals surface area contributed by atoms with Gasteiger partial charge in [0.05, 0.1) is 0 Å². The van der Waals surface area contributed by atoms with E-state index >= 15 is 0 Å². The van der Waals surface area contributed by atoms with Gasteiger partial charge in [0.2, 0.25) is 12.3 Å². The molecule has 1 atom stereocenters. The number of nitrogens with one attached hydrogen (secondary N) is 2. The Kier molecular flexibility index (Phi) is 5.27. The van der Waals surface area contributed by atoms with Gasteiger partial charge in [-0.25, -0.2) is 4.79 Å². The minimum absolute atomic E-state index is 0.154. The normalized spacial score (nSPS) is 15.6. The van der Waals surface area contributed by atoms with Gasteiger partial charge in [-0.1, -0.05) is 12.8 Å². The maximum atomic E-state index is 12.1. The van der Waals surface area contributed by atoms with Crippen LogP contribution in [-0.4, -0.2) is 34.3 Å². The van der Waals surface area contributed by atoms with E-state index in [0.717, 1.165) is 31.2 Å². The Morgan fingerprint density at radius 3 is 2.60 bits per heavy atom. The molecule has 0 saturated heterocycles. The van der Waals surface area contributed by atoms with Crippen LogP contribution >= 0.6 is 0 Å². The van der Waals surface area contributed by atoms with E-state index in [4.69, 9.17) is 9.15 Å². The number of carbonyl (C=O) groups excluding carboxylic acids is 2. The number of urea groups is 1. The van der Waals surface area contributed by atoms with Gasteiger partial charge in [-0.05, 0) is 44.0 Å². The third kappa shape index (κ3) is 4.56. The largest absolute Gasteiger partial charge is 0.481 e. The molecule has 1 saturated carbocycles. The SMILES string of the molecule is C[C@@H](Oc1ccc(-c2nnco2)cc1)C(=O)NC(=O)NC1CCCC1. The van der Waals surface area contributed by atoms with Crippen molar-refractivity contribution in [1.82, 2.24) is 20.8 Å². The van der Waals surface area contributed by atoms with Crippen LogP contribution in [0.4, 0.5) is 4.79 Å². The average Bonchev–Trinajstić information content (AvgIpc) is 3.29. The maximum absolute atomic E-state index is 12.1. The Bertz CT molecular complexity index is 709. The fourth-order valence-electron chi connectivity index (χ4n) is 2.74. The highest BCUT2D eigenvalue weighted by Gasteiger charge is 2.21. The highest BCUT2D eigenvalue weighted by atomic mass is 16.5. The molecule has 1 aliphatic rings. The molecule has 0 bridgehead atoms. The number of benzene rings is 1. The van der Waals surface area contributed by atoms with Crippen molar-refractivity contribution in [2.45, 2.75) is 44.8 Å². The Balaban J connectivity index is 1.49. The molecule has 1 aromatic heterocycles. The number of hydrogen-bond donors (Lipinski definition) is 2. The number of aromatic nitrogens is 2. The van der Waals surface area contributed by atoms with Crippen molar-refractivity contribution in [3.05, 3.63) is 30.7 Å². The first-order valence-electron chi connectivity index (χ1n) is 8.26. The Hall–Kier alpha value is -2.90. The molecule has 0 unspecified atom stereocenters. The van der Waals surface area contributed by atoms with Crippen molar-refractivity contribution in [2.75, 3.05) is 0 Å². The molecule has 0 spiro atoms. The Morgan fingerprint density at radius 2 is 1.96 bits per heavy atom. The zero-order valence-electron chi connectivity index (χ0n) is 13.9. The van der Waals surface area contributed by atoms with Crippen LogP contribution in [0.15, 0.2) is 35.1 Å². The molecule has 1 aromatic carbocycles. The lowest BCUT2D eigenvalue weighted by molar-refractivity contribution is -0.126. The van der Waals surface area contributed by atoms with E-state index in [-0.39, 0.29) is 6.04 Å². The summed E-state index contributed by atoms with van der Waals surface area (Å²) < 4.78 is 10.7. The van der Waals surface area contributed by atoms with Gasteiger partial charge in [0.25, 0.3) is 5.91 Å².